The highest BCUT2D eigenvalue weighted by molar-refractivity contribution is 6.21. The van der Waals surface area contributed by atoms with Crippen LogP contribution in [0.1, 0.15) is 29.8 Å². The van der Waals surface area contributed by atoms with E-state index in [-0.39, 0.29) is 23.5 Å². The Kier molecular flexibility index (Phi) is 4.65. The van der Waals surface area contributed by atoms with E-state index >= 15 is 0 Å². The molecule has 5 heteroatoms. The summed E-state index contributed by atoms with van der Waals surface area (Å²) >= 11 is 0. The molecule has 4 nitrogen and oxygen atoms in total. The van der Waals surface area contributed by atoms with Crippen LogP contribution in [0.2, 0.25) is 0 Å². The number of benzene rings is 2. The number of nitrogens with zero attached hydrogens (tertiary/aromatic N) is 1. The normalized spacial score (nSPS) is 17.3. The molecule has 0 spiro atoms. The topological polar surface area (TPSA) is 49.4 Å². The molecule has 1 atom stereocenters. The Bertz CT molecular complexity index is 813. The van der Waals surface area contributed by atoms with Crippen LogP contribution in [0.15, 0.2) is 60.8 Å². The highest BCUT2D eigenvalue weighted by Gasteiger charge is 2.33. The summed E-state index contributed by atoms with van der Waals surface area (Å²) in [5, 5.41) is 2.88. The van der Waals surface area contributed by atoms with Crippen molar-refractivity contribution in [2.24, 2.45) is 5.92 Å². The molecule has 0 unspecified atom stereocenters. The number of carbonyl (C=O) groups is 2. The molecule has 0 saturated carbocycles. The van der Waals surface area contributed by atoms with Crippen LogP contribution in [0.25, 0.3) is 5.57 Å². The van der Waals surface area contributed by atoms with E-state index < -0.39 is 6.17 Å². The Hall–Kier alpha value is -2.95. The van der Waals surface area contributed by atoms with Crippen molar-refractivity contribution in [3.05, 3.63) is 77.7 Å². The number of nitrogens with one attached hydrogen (secondary N) is 1. The monoisotopic (exact) mass is 338 g/mol. The summed E-state index contributed by atoms with van der Waals surface area (Å²) in [5.74, 6) is -0.818. The second-order valence-corrected chi connectivity index (χ2v) is 6.29. The lowest BCUT2D eigenvalue weighted by Gasteiger charge is -2.36. The Labute approximate surface area is 146 Å². The highest BCUT2D eigenvalue weighted by atomic mass is 19.1. The molecular weight excluding hydrogens is 319 g/mol. The van der Waals surface area contributed by atoms with Crippen molar-refractivity contribution >= 4 is 17.4 Å². The van der Waals surface area contributed by atoms with Crippen LogP contribution >= 0.6 is 0 Å². The largest absolute Gasteiger partial charge is 0.331 e. The number of rotatable bonds is 3. The minimum absolute atomic E-state index is 0.0302. The molecule has 1 aliphatic rings. The molecule has 2 aromatic rings. The fraction of sp³-hybridized carbons (Fsp3) is 0.200. The van der Waals surface area contributed by atoms with Gasteiger partial charge in [-0.3, -0.25) is 14.5 Å². The van der Waals surface area contributed by atoms with Gasteiger partial charge < -0.3 is 5.32 Å². The van der Waals surface area contributed by atoms with E-state index in [2.05, 4.69) is 5.32 Å². The molecule has 2 amide bonds. The highest BCUT2D eigenvalue weighted by Crippen LogP contribution is 2.25. The molecule has 25 heavy (non-hydrogen) atoms. The van der Waals surface area contributed by atoms with Gasteiger partial charge in [0.05, 0.1) is 5.57 Å². The van der Waals surface area contributed by atoms with Crippen molar-refractivity contribution in [1.82, 2.24) is 10.2 Å². The van der Waals surface area contributed by atoms with Gasteiger partial charge in [-0.05, 0) is 35.7 Å². The molecule has 0 radical (unpaired) electrons. The lowest BCUT2D eigenvalue weighted by molar-refractivity contribution is -0.118. The number of amides is 2. The number of hydrogen-bond donors (Lipinski definition) is 1. The van der Waals surface area contributed by atoms with Gasteiger partial charge in [0.15, 0.2) is 0 Å². The lowest BCUT2D eigenvalue weighted by Crippen LogP contribution is -2.54. The summed E-state index contributed by atoms with van der Waals surface area (Å²) in [7, 11) is 0. The zero-order valence-electron chi connectivity index (χ0n) is 14.1. The SMILES string of the molecule is CC(C)[C@H]1NC(=O)C(c2ccc(F)cc2)=CN1C(=O)c1ccccc1. The van der Waals surface area contributed by atoms with Crippen LogP contribution in [0.5, 0.6) is 0 Å². The molecular formula is C20H19FN2O2. The van der Waals surface area contributed by atoms with E-state index in [9.17, 15) is 14.0 Å². The number of carbonyl (C=O) groups excluding carboxylic acids is 2. The summed E-state index contributed by atoms with van der Waals surface area (Å²) in [5.41, 5.74) is 1.44. The lowest BCUT2D eigenvalue weighted by atomic mass is 10.0. The first-order valence-corrected chi connectivity index (χ1v) is 8.13. The summed E-state index contributed by atoms with van der Waals surface area (Å²) in [4.78, 5) is 27.0. The van der Waals surface area contributed by atoms with Gasteiger partial charge in [-0.25, -0.2) is 4.39 Å². The van der Waals surface area contributed by atoms with E-state index in [0.29, 0.717) is 16.7 Å². The van der Waals surface area contributed by atoms with Crippen molar-refractivity contribution in [3.63, 3.8) is 0 Å². The standard InChI is InChI=1S/C20H19FN2O2/c1-13(2)18-22-19(24)17(14-8-10-16(21)11-9-14)12-23(18)20(25)15-6-4-3-5-7-15/h3-13,18H,1-2H3,(H,22,24)/t18-/m0/s1. The molecule has 128 valence electrons. The summed E-state index contributed by atoms with van der Waals surface area (Å²) in [6, 6.07) is 14.6. The van der Waals surface area contributed by atoms with E-state index in [1.54, 1.807) is 35.4 Å². The molecule has 3 rings (SSSR count). The fourth-order valence-electron chi connectivity index (χ4n) is 2.80. The predicted molar refractivity (Wildman–Crippen MR) is 93.8 cm³/mol. The third-order valence-electron chi connectivity index (χ3n) is 4.13. The Morgan fingerprint density at radius 1 is 1.08 bits per heavy atom. The van der Waals surface area contributed by atoms with Crippen molar-refractivity contribution in [2.45, 2.75) is 20.0 Å². The summed E-state index contributed by atoms with van der Waals surface area (Å²) in [6.45, 7) is 3.87. The molecule has 1 heterocycles. The smallest absolute Gasteiger partial charge is 0.259 e. The summed E-state index contributed by atoms with van der Waals surface area (Å²) in [6.07, 6.45) is 1.12. The Morgan fingerprint density at radius 2 is 1.72 bits per heavy atom. The Morgan fingerprint density at radius 3 is 2.32 bits per heavy atom. The van der Waals surface area contributed by atoms with Crippen molar-refractivity contribution in [1.29, 1.82) is 0 Å². The third kappa shape index (κ3) is 3.45. The van der Waals surface area contributed by atoms with Crippen LogP contribution in [0.4, 0.5) is 4.39 Å². The van der Waals surface area contributed by atoms with Gasteiger partial charge in [-0.15, -0.1) is 0 Å². The maximum atomic E-state index is 13.2. The van der Waals surface area contributed by atoms with Crippen LogP contribution in [0.3, 0.4) is 0 Å². The van der Waals surface area contributed by atoms with Crippen LogP contribution < -0.4 is 5.32 Å². The van der Waals surface area contributed by atoms with E-state index in [4.69, 9.17) is 0 Å². The van der Waals surface area contributed by atoms with Gasteiger partial charge in [0.2, 0.25) is 0 Å². The second kappa shape index (κ2) is 6.89. The van der Waals surface area contributed by atoms with Crippen molar-refractivity contribution in [2.75, 3.05) is 0 Å². The van der Waals surface area contributed by atoms with Gasteiger partial charge in [-0.1, -0.05) is 44.2 Å². The maximum absolute atomic E-state index is 13.2. The first-order chi connectivity index (χ1) is 12.0. The number of halogens is 1. The van der Waals surface area contributed by atoms with Gasteiger partial charge in [0.25, 0.3) is 11.8 Å². The molecule has 1 N–H and O–H groups in total. The first kappa shape index (κ1) is 16.9. The second-order valence-electron chi connectivity index (χ2n) is 6.29. The van der Waals surface area contributed by atoms with Crippen LogP contribution in [-0.2, 0) is 4.79 Å². The third-order valence-corrected chi connectivity index (χ3v) is 4.13. The molecule has 0 aliphatic carbocycles. The molecule has 0 fully saturated rings. The molecule has 2 aromatic carbocycles. The first-order valence-electron chi connectivity index (χ1n) is 8.13. The molecule has 0 saturated heterocycles. The average molecular weight is 338 g/mol. The zero-order chi connectivity index (χ0) is 18.0. The number of hydrogen-bond acceptors (Lipinski definition) is 2. The molecule has 0 aromatic heterocycles. The van der Waals surface area contributed by atoms with Crippen molar-refractivity contribution in [3.8, 4) is 0 Å². The van der Waals surface area contributed by atoms with Gasteiger partial charge in [0.1, 0.15) is 12.0 Å². The summed E-state index contributed by atoms with van der Waals surface area (Å²) < 4.78 is 13.2. The minimum atomic E-state index is -0.440. The van der Waals surface area contributed by atoms with Gasteiger partial charge in [0, 0.05) is 11.8 Å². The van der Waals surface area contributed by atoms with Crippen LogP contribution in [0, 0.1) is 11.7 Å². The van der Waals surface area contributed by atoms with E-state index in [0.717, 1.165) is 0 Å². The molecule has 1 aliphatic heterocycles. The van der Waals surface area contributed by atoms with Gasteiger partial charge in [-0.2, -0.15) is 0 Å². The predicted octanol–water partition coefficient (Wildman–Crippen LogP) is 3.42. The molecule has 0 bridgehead atoms. The van der Waals surface area contributed by atoms with Gasteiger partial charge >= 0.3 is 0 Å². The van der Waals surface area contributed by atoms with E-state index in [1.165, 1.54) is 24.3 Å². The fourth-order valence-corrected chi connectivity index (χ4v) is 2.80. The zero-order valence-corrected chi connectivity index (χ0v) is 14.1. The quantitative estimate of drug-likeness (QED) is 0.932. The Balaban J connectivity index is 2.03. The van der Waals surface area contributed by atoms with Crippen LogP contribution in [-0.4, -0.2) is 22.9 Å². The van der Waals surface area contributed by atoms with Crippen molar-refractivity contribution < 1.29 is 14.0 Å². The van der Waals surface area contributed by atoms with E-state index in [1.807, 2.05) is 19.9 Å². The minimum Gasteiger partial charge on any atom is -0.331 e. The average Bonchev–Trinajstić information content (AvgIpc) is 2.62. The maximum Gasteiger partial charge on any atom is 0.259 e.